The van der Waals surface area contributed by atoms with Gasteiger partial charge in [-0.15, -0.1) is 0 Å². The lowest BCUT2D eigenvalue weighted by Crippen LogP contribution is -2.14. The van der Waals surface area contributed by atoms with Crippen LogP contribution in [0, 0.1) is 5.41 Å². The second kappa shape index (κ2) is 8.33. The van der Waals surface area contributed by atoms with Crippen molar-refractivity contribution in [3.63, 3.8) is 0 Å². The molecule has 8 rings (SSSR count). The minimum atomic E-state index is 0.512. The highest BCUT2D eigenvalue weighted by molar-refractivity contribution is 6.17. The SMILES string of the molecule is N=C1C=CC=C/C1=C1\C=CC(c2ccc(-n3c4ccccc4c4cc5oc6ccccc6c5cc43)cc2)=CN1. The molecule has 2 aliphatic rings. The molecule has 0 bridgehead atoms. The molecule has 0 fully saturated rings. The predicted octanol–water partition coefficient (Wildman–Crippen LogP) is 8.58. The minimum absolute atomic E-state index is 0.512. The number of dihydropyridines is 1. The number of hydrogen-bond donors (Lipinski definition) is 2. The predicted molar refractivity (Wildman–Crippen MR) is 161 cm³/mol. The van der Waals surface area contributed by atoms with Gasteiger partial charge in [0.15, 0.2) is 0 Å². The molecule has 0 saturated heterocycles. The number of para-hydroxylation sites is 2. The standard InChI is InChI=1S/C35H23N3O/c36-30-10-4-1-9-27(30)31-18-15-23(21-37-31)22-13-16-24(17-14-22)38-32-11-5-2-7-25(32)28-20-35-29(19-33(28)38)26-8-3-6-12-34(26)39-35/h1-21,36-37H/b31-27-,36-30?. The molecule has 1 aliphatic heterocycles. The number of furan rings is 1. The van der Waals surface area contributed by atoms with Gasteiger partial charge in [0.25, 0.3) is 0 Å². The molecule has 3 heterocycles. The summed E-state index contributed by atoms with van der Waals surface area (Å²) in [5.41, 5.74) is 9.84. The van der Waals surface area contributed by atoms with Gasteiger partial charge in [-0.2, -0.15) is 0 Å². The Hall–Kier alpha value is -5.35. The van der Waals surface area contributed by atoms with E-state index in [-0.39, 0.29) is 0 Å². The van der Waals surface area contributed by atoms with Crippen molar-refractivity contribution in [3.8, 4) is 5.69 Å². The summed E-state index contributed by atoms with van der Waals surface area (Å²) in [6, 6.07) is 29.9. The van der Waals surface area contributed by atoms with Crippen molar-refractivity contribution in [1.82, 2.24) is 9.88 Å². The van der Waals surface area contributed by atoms with Crippen LogP contribution in [0.3, 0.4) is 0 Å². The number of hydrogen-bond acceptors (Lipinski definition) is 3. The summed E-state index contributed by atoms with van der Waals surface area (Å²) >= 11 is 0. The van der Waals surface area contributed by atoms with Gasteiger partial charge in [-0.25, -0.2) is 0 Å². The van der Waals surface area contributed by atoms with Crippen molar-refractivity contribution in [2.24, 2.45) is 0 Å². The number of rotatable bonds is 2. The van der Waals surface area contributed by atoms with Crippen LogP contribution in [0.4, 0.5) is 0 Å². The molecule has 0 spiro atoms. The van der Waals surface area contributed by atoms with Crippen molar-refractivity contribution < 1.29 is 4.42 Å². The lowest BCUT2D eigenvalue weighted by Gasteiger charge is -2.16. The van der Waals surface area contributed by atoms with Crippen LogP contribution in [0.25, 0.3) is 55.0 Å². The average molecular weight is 502 g/mol. The van der Waals surface area contributed by atoms with Gasteiger partial charge in [-0.1, -0.05) is 72.8 Å². The van der Waals surface area contributed by atoms with Gasteiger partial charge in [0.05, 0.1) is 16.7 Å². The Bertz CT molecular complexity index is 2140. The summed E-state index contributed by atoms with van der Waals surface area (Å²) in [5, 5.41) is 16.2. The Kier molecular flexibility index (Phi) is 4.64. The third-order valence-corrected chi connectivity index (χ3v) is 7.66. The highest BCUT2D eigenvalue weighted by atomic mass is 16.3. The molecule has 4 aromatic carbocycles. The molecule has 2 aromatic heterocycles. The molecular weight excluding hydrogens is 478 g/mol. The maximum absolute atomic E-state index is 8.18. The van der Waals surface area contributed by atoms with Crippen LogP contribution in [0.2, 0.25) is 0 Å². The van der Waals surface area contributed by atoms with Gasteiger partial charge in [0, 0.05) is 44.7 Å². The Morgan fingerprint density at radius 2 is 1.44 bits per heavy atom. The van der Waals surface area contributed by atoms with Crippen LogP contribution in [0.5, 0.6) is 0 Å². The Balaban J connectivity index is 1.22. The van der Waals surface area contributed by atoms with E-state index < -0.39 is 0 Å². The third-order valence-electron chi connectivity index (χ3n) is 7.66. The number of fused-ring (bicyclic) bond motifs is 6. The molecule has 4 nitrogen and oxygen atoms in total. The van der Waals surface area contributed by atoms with Crippen molar-refractivity contribution in [2.75, 3.05) is 0 Å². The van der Waals surface area contributed by atoms with Crippen LogP contribution in [0.1, 0.15) is 5.56 Å². The van der Waals surface area contributed by atoms with E-state index in [0.717, 1.165) is 55.5 Å². The fourth-order valence-corrected chi connectivity index (χ4v) is 5.76. The van der Waals surface area contributed by atoms with Gasteiger partial charge in [-0.05, 0) is 59.7 Å². The van der Waals surface area contributed by atoms with Crippen molar-refractivity contribution in [2.45, 2.75) is 0 Å². The summed E-state index contributed by atoms with van der Waals surface area (Å²) in [4.78, 5) is 0. The first-order valence-electron chi connectivity index (χ1n) is 13.0. The topological polar surface area (TPSA) is 54.0 Å². The van der Waals surface area contributed by atoms with Gasteiger partial charge in [-0.3, -0.25) is 0 Å². The summed E-state index contributed by atoms with van der Waals surface area (Å²) in [6.45, 7) is 0. The normalized spacial score (nSPS) is 17.0. The molecule has 0 unspecified atom stereocenters. The monoisotopic (exact) mass is 501 g/mol. The molecule has 4 heteroatoms. The van der Waals surface area contributed by atoms with E-state index in [1.807, 2.05) is 48.7 Å². The van der Waals surface area contributed by atoms with E-state index in [1.165, 1.54) is 16.3 Å². The minimum Gasteiger partial charge on any atom is -0.456 e. The van der Waals surface area contributed by atoms with Crippen LogP contribution in [0.15, 0.2) is 143 Å². The van der Waals surface area contributed by atoms with E-state index in [1.54, 1.807) is 0 Å². The molecule has 39 heavy (non-hydrogen) atoms. The molecule has 184 valence electrons. The maximum Gasteiger partial charge on any atom is 0.136 e. The Labute approximate surface area is 224 Å². The molecule has 0 radical (unpaired) electrons. The number of nitrogens with one attached hydrogen (secondary N) is 2. The summed E-state index contributed by atoms with van der Waals surface area (Å²) < 4.78 is 8.55. The second-order valence-electron chi connectivity index (χ2n) is 9.90. The first kappa shape index (κ1) is 21.7. The molecule has 2 N–H and O–H groups in total. The van der Waals surface area contributed by atoms with Crippen molar-refractivity contribution in [3.05, 3.63) is 144 Å². The fourth-order valence-electron chi connectivity index (χ4n) is 5.76. The number of allylic oxidation sites excluding steroid dienone is 8. The van der Waals surface area contributed by atoms with Gasteiger partial charge >= 0.3 is 0 Å². The van der Waals surface area contributed by atoms with Crippen LogP contribution in [-0.4, -0.2) is 10.3 Å². The van der Waals surface area contributed by atoms with Crippen molar-refractivity contribution in [1.29, 1.82) is 5.41 Å². The Morgan fingerprint density at radius 3 is 2.26 bits per heavy atom. The zero-order chi connectivity index (χ0) is 25.9. The Morgan fingerprint density at radius 1 is 0.641 bits per heavy atom. The first-order valence-corrected chi connectivity index (χ1v) is 13.0. The molecule has 1 aliphatic carbocycles. The summed E-state index contributed by atoms with van der Waals surface area (Å²) in [7, 11) is 0. The maximum atomic E-state index is 8.18. The molecule has 0 amide bonds. The van der Waals surface area contributed by atoms with E-state index in [2.05, 4.69) is 88.8 Å². The van der Waals surface area contributed by atoms with Gasteiger partial charge in [0.1, 0.15) is 11.2 Å². The van der Waals surface area contributed by atoms with E-state index in [4.69, 9.17) is 9.83 Å². The molecule has 6 aromatic rings. The van der Waals surface area contributed by atoms with Crippen LogP contribution >= 0.6 is 0 Å². The van der Waals surface area contributed by atoms with E-state index in [9.17, 15) is 0 Å². The fraction of sp³-hybridized carbons (Fsp3) is 0. The largest absolute Gasteiger partial charge is 0.456 e. The zero-order valence-corrected chi connectivity index (χ0v) is 21.0. The second-order valence-corrected chi connectivity index (χ2v) is 9.90. The van der Waals surface area contributed by atoms with E-state index >= 15 is 0 Å². The lowest BCUT2D eigenvalue weighted by atomic mass is 9.99. The van der Waals surface area contributed by atoms with Gasteiger partial charge < -0.3 is 19.7 Å². The zero-order valence-electron chi connectivity index (χ0n) is 21.0. The summed E-state index contributed by atoms with van der Waals surface area (Å²) in [6.07, 6.45) is 13.8. The van der Waals surface area contributed by atoms with Crippen LogP contribution in [-0.2, 0) is 0 Å². The molecular formula is C35H23N3O. The smallest absolute Gasteiger partial charge is 0.136 e. The van der Waals surface area contributed by atoms with E-state index in [0.29, 0.717) is 5.71 Å². The third kappa shape index (κ3) is 3.35. The number of aromatic nitrogens is 1. The quantitative estimate of drug-likeness (QED) is 0.250. The van der Waals surface area contributed by atoms with Crippen molar-refractivity contribution >= 4 is 55.0 Å². The molecule has 0 saturated carbocycles. The number of benzene rings is 4. The highest BCUT2D eigenvalue weighted by Gasteiger charge is 2.16. The first-order chi connectivity index (χ1) is 19.2. The highest BCUT2D eigenvalue weighted by Crippen LogP contribution is 2.38. The van der Waals surface area contributed by atoms with Gasteiger partial charge in [0.2, 0.25) is 0 Å². The average Bonchev–Trinajstić information content (AvgIpc) is 3.51. The number of nitrogens with zero attached hydrogens (tertiary/aromatic N) is 1. The molecule has 0 atom stereocenters. The lowest BCUT2D eigenvalue weighted by molar-refractivity contribution is 0.669. The summed E-state index contributed by atoms with van der Waals surface area (Å²) in [5.74, 6) is 0. The van der Waals surface area contributed by atoms with Crippen LogP contribution < -0.4 is 5.32 Å².